The number of aliphatic hydroxyl groups excluding tert-OH is 1. The van der Waals surface area contributed by atoms with Gasteiger partial charge in [0.05, 0.1) is 11.0 Å². The standard InChI is InChI=1S/C15H23N3O5S/c1-3-12(19)11-16-7-9-17(10-8-16)13-5-4-6-14(24(2,22)23)15(13)18(20)21/h4-6,12,19H,3,7-11H2,1-2H3. The Morgan fingerprint density at radius 3 is 2.42 bits per heavy atom. The number of piperazine rings is 1. The Balaban J connectivity index is 2.23. The highest BCUT2D eigenvalue weighted by Gasteiger charge is 2.30. The second-order valence-corrected chi connectivity index (χ2v) is 7.99. The van der Waals surface area contributed by atoms with E-state index in [4.69, 9.17) is 0 Å². The van der Waals surface area contributed by atoms with Crippen LogP contribution in [0.4, 0.5) is 11.4 Å². The number of nitro groups is 1. The fourth-order valence-electron chi connectivity index (χ4n) is 2.85. The number of rotatable bonds is 6. The molecule has 9 heteroatoms. The number of nitrogens with zero attached hydrogens (tertiary/aromatic N) is 3. The molecule has 0 spiro atoms. The molecular weight excluding hydrogens is 334 g/mol. The largest absolute Gasteiger partial charge is 0.392 e. The van der Waals surface area contributed by atoms with Crippen molar-refractivity contribution in [3.8, 4) is 0 Å². The summed E-state index contributed by atoms with van der Waals surface area (Å²) in [5, 5.41) is 21.2. The number of aliphatic hydroxyl groups is 1. The highest BCUT2D eigenvalue weighted by atomic mass is 32.2. The van der Waals surface area contributed by atoms with E-state index >= 15 is 0 Å². The van der Waals surface area contributed by atoms with Crippen molar-refractivity contribution in [3.05, 3.63) is 28.3 Å². The van der Waals surface area contributed by atoms with E-state index < -0.39 is 14.8 Å². The second-order valence-electron chi connectivity index (χ2n) is 6.00. The zero-order valence-corrected chi connectivity index (χ0v) is 14.7. The molecule has 1 N–H and O–H groups in total. The maximum atomic E-state index is 11.8. The van der Waals surface area contributed by atoms with E-state index in [-0.39, 0.29) is 16.7 Å². The maximum absolute atomic E-state index is 11.8. The van der Waals surface area contributed by atoms with Gasteiger partial charge in [-0.3, -0.25) is 15.0 Å². The first kappa shape index (κ1) is 18.6. The number of nitro benzene ring substituents is 1. The third-order valence-electron chi connectivity index (χ3n) is 4.21. The van der Waals surface area contributed by atoms with Crippen LogP contribution in [0.5, 0.6) is 0 Å². The Hall–Kier alpha value is -1.71. The lowest BCUT2D eigenvalue weighted by atomic mass is 10.2. The Labute approximate surface area is 141 Å². The Bertz CT molecular complexity index is 699. The third-order valence-corrected chi connectivity index (χ3v) is 5.34. The van der Waals surface area contributed by atoms with Crippen LogP contribution in [0.2, 0.25) is 0 Å². The van der Waals surface area contributed by atoms with Crippen LogP contribution in [0.1, 0.15) is 13.3 Å². The number of benzene rings is 1. The molecule has 1 aliphatic rings. The highest BCUT2D eigenvalue weighted by Crippen LogP contribution is 2.35. The van der Waals surface area contributed by atoms with Crippen LogP contribution < -0.4 is 4.90 Å². The summed E-state index contributed by atoms with van der Waals surface area (Å²) in [7, 11) is -3.68. The molecule has 8 nitrogen and oxygen atoms in total. The van der Waals surface area contributed by atoms with E-state index in [0.717, 1.165) is 6.26 Å². The van der Waals surface area contributed by atoms with Crippen molar-refractivity contribution in [1.29, 1.82) is 0 Å². The molecule has 0 aromatic heterocycles. The van der Waals surface area contributed by atoms with Gasteiger partial charge in [0, 0.05) is 39.0 Å². The summed E-state index contributed by atoms with van der Waals surface area (Å²) in [6.45, 7) is 4.92. The number of para-hydroxylation sites is 1. The molecule has 1 heterocycles. The van der Waals surface area contributed by atoms with Gasteiger partial charge in [-0.05, 0) is 18.6 Å². The molecule has 134 valence electrons. The topological polar surface area (TPSA) is 104 Å². The number of anilines is 1. The zero-order chi connectivity index (χ0) is 17.9. The molecule has 0 aliphatic carbocycles. The normalized spacial score (nSPS) is 17.7. The molecule has 1 fully saturated rings. The first-order valence-corrected chi connectivity index (χ1v) is 9.76. The summed E-state index contributed by atoms with van der Waals surface area (Å²) in [6.07, 6.45) is 1.28. The first-order chi connectivity index (χ1) is 11.2. The van der Waals surface area contributed by atoms with Crippen molar-refractivity contribution in [3.63, 3.8) is 0 Å². The summed E-state index contributed by atoms with van der Waals surface area (Å²) < 4.78 is 23.7. The molecule has 1 aromatic rings. The van der Waals surface area contributed by atoms with Gasteiger partial charge in [-0.15, -0.1) is 0 Å². The minimum atomic E-state index is -3.68. The smallest absolute Gasteiger partial charge is 0.311 e. The monoisotopic (exact) mass is 357 g/mol. The quantitative estimate of drug-likeness (QED) is 0.595. The fraction of sp³-hybridized carbons (Fsp3) is 0.600. The lowest BCUT2D eigenvalue weighted by Gasteiger charge is -2.36. The van der Waals surface area contributed by atoms with Crippen LogP contribution in [0.25, 0.3) is 0 Å². The van der Waals surface area contributed by atoms with E-state index in [0.29, 0.717) is 44.8 Å². The molecule has 0 saturated carbocycles. The lowest BCUT2D eigenvalue weighted by Crippen LogP contribution is -2.48. The predicted octanol–water partition coefficient (Wildman–Crippen LogP) is 0.891. The van der Waals surface area contributed by atoms with Gasteiger partial charge < -0.3 is 10.0 Å². The minimum Gasteiger partial charge on any atom is -0.392 e. The molecule has 1 aromatic carbocycles. The molecular formula is C15H23N3O5S. The lowest BCUT2D eigenvalue weighted by molar-refractivity contribution is -0.387. The fourth-order valence-corrected chi connectivity index (χ4v) is 3.70. The summed E-state index contributed by atoms with van der Waals surface area (Å²) in [4.78, 5) is 14.5. The van der Waals surface area contributed by atoms with E-state index in [1.807, 2.05) is 11.8 Å². The van der Waals surface area contributed by atoms with E-state index in [1.165, 1.54) is 12.1 Å². The predicted molar refractivity (Wildman–Crippen MR) is 91.2 cm³/mol. The molecule has 1 aliphatic heterocycles. The molecule has 1 unspecified atom stereocenters. The minimum absolute atomic E-state index is 0.256. The summed E-state index contributed by atoms with van der Waals surface area (Å²) >= 11 is 0. The first-order valence-electron chi connectivity index (χ1n) is 7.87. The van der Waals surface area contributed by atoms with Crippen molar-refractivity contribution in [1.82, 2.24) is 4.90 Å². The maximum Gasteiger partial charge on any atom is 0.311 e. The van der Waals surface area contributed by atoms with E-state index in [9.17, 15) is 23.6 Å². The molecule has 1 saturated heterocycles. The Kier molecular flexibility index (Phi) is 5.79. The Morgan fingerprint density at radius 2 is 1.92 bits per heavy atom. The number of hydrogen-bond acceptors (Lipinski definition) is 7. The van der Waals surface area contributed by atoms with Gasteiger partial charge in [0.1, 0.15) is 10.6 Å². The summed E-state index contributed by atoms with van der Waals surface area (Å²) in [5.41, 5.74) is -0.0272. The average molecular weight is 357 g/mol. The van der Waals surface area contributed by atoms with E-state index in [1.54, 1.807) is 6.07 Å². The van der Waals surface area contributed by atoms with Gasteiger partial charge in [-0.1, -0.05) is 13.0 Å². The van der Waals surface area contributed by atoms with E-state index in [2.05, 4.69) is 4.90 Å². The molecule has 0 bridgehead atoms. The summed E-state index contributed by atoms with van der Waals surface area (Å²) in [6, 6.07) is 4.39. The molecule has 24 heavy (non-hydrogen) atoms. The summed E-state index contributed by atoms with van der Waals surface area (Å²) in [5.74, 6) is 0. The van der Waals surface area contributed by atoms with Crippen molar-refractivity contribution in [2.45, 2.75) is 24.3 Å². The molecule has 0 radical (unpaired) electrons. The number of sulfone groups is 1. The van der Waals surface area contributed by atoms with Gasteiger partial charge in [0.15, 0.2) is 9.84 Å². The van der Waals surface area contributed by atoms with Gasteiger partial charge >= 0.3 is 5.69 Å². The molecule has 0 amide bonds. The third kappa shape index (κ3) is 4.22. The van der Waals surface area contributed by atoms with Crippen LogP contribution in [0.3, 0.4) is 0 Å². The number of β-amino-alcohol motifs (C(OH)–C–C–N with tert-alkyl or cyclic N) is 1. The van der Waals surface area contributed by atoms with Crippen molar-refractivity contribution < 1.29 is 18.4 Å². The zero-order valence-electron chi connectivity index (χ0n) is 13.9. The Morgan fingerprint density at radius 1 is 1.29 bits per heavy atom. The van der Waals surface area contributed by atoms with Crippen LogP contribution in [0, 0.1) is 10.1 Å². The van der Waals surface area contributed by atoms with Gasteiger partial charge in [-0.25, -0.2) is 8.42 Å². The van der Waals surface area contributed by atoms with Crippen molar-refractivity contribution in [2.24, 2.45) is 0 Å². The van der Waals surface area contributed by atoms with Crippen molar-refractivity contribution in [2.75, 3.05) is 43.9 Å². The van der Waals surface area contributed by atoms with Gasteiger partial charge in [0.2, 0.25) is 0 Å². The second kappa shape index (κ2) is 7.45. The molecule has 1 atom stereocenters. The van der Waals surface area contributed by atoms with Crippen LogP contribution in [0.15, 0.2) is 23.1 Å². The average Bonchev–Trinajstić information content (AvgIpc) is 2.53. The van der Waals surface area contributed by atoms with Crippen molar-refractivity contribution >= 4 is 21.2 Å². The SMILES string of the molecule is CCC(O)CN1CCN(c2cccc(S(C)(=O)=O)c2[N+](=O)[O-])CC1. The van der Waals surface area contributed by atoms with Crippen LogP contribution >= 0.6 is 0 Å². The van der Waals surface area contributed by atoms with Gasteiger partial charge in [-0.2, -0.15) is 0 Å². The van der Waals surface area contributed by atoms with Crippen LogP contribution in [-0.4, -0.2) is 68.4 Å². The molecule has 2 rings (SSSR count). The van der Waals surface area contributed by atoms with Gasteiger partial charge in [0.25, 0.3) is 0 Å². The van der Waals surface area contributed by atoms with Crippen LogP contribution in [-0.2, 0) is 9.84 Å². The highest BCUT2D eigenvalue weighted by molar-refractivity contribution is 7.90. The number of hydrogen-bond donors (Lipinski definition) is 1.